The van der Waals surface area contributed by atoms with E-state index in [0.29, 0.717) is 19.3 Å². The average molecular weight is 501 g/mol. The zero-order chi connectivity index (χ0) is 26.5. The molecule has 0 amide bonds. The van der Waals surface area contributed by atoms with Gasteiger partial charge in [0.15, 0.2) is 12.4 Å². The summed E-state index contributed by atoms with van der Waals surface area (Å²) in [6, 6.07) is 0. The van der Waals surface area contributed by atoms with Crippen molar-refractivity contribution in [2.75, 3.05) is 19.8 Å². The maximum atomic E-state index is 12.3. The molecule has 0 radical (unpaired) electrons. The fourth-order valence-electron chi connectivity index (χ4n) is 3.17. The van der Waals surface area contributed by atoms with Gasteiger partial charge in [-0.05, 0) is 38.2 Å². The molecule has 10 nitrogen and oxygen atoms in total. The number of allylic oxidation sites excluding steroid dienone is 1. The van der Waals surface area contributed by atoms with Crippen molar-refractivity contribution in [1.29, 1.82) is 0 Å². The summed E-state index contributed by atoms with van der Waals surface area (Å²) in [5, 5.41) is 21.3. The summed E-state index contributed by atoms with van der Waals surface area (Å²) >= 11 is 0. The number of hydrogen-bond donors (Lipinski definition) is 2. The molecule has 0 aliphatic carbocycles. The highest BCUT2D eigenvalue weighted by Crippen LogP contribution is 2.26. The van der Waals surface area contributed by atoms with Gasteiger partial charge in [-0.3, -0.25) is 14.4 Å². The molecule has 0 aromatic carbocycles. The number of hydrogen-bond acceptors (Lipinski definition) is 10. The zero-order valence-corrected chi connectivity index (χ0v) is 21.4. The molecule has 35 heavy (non-hydrogen) atoms. The number of rotatable bonds is 14. The predicted octanol–water partition coefficient (Wildman–Crippen LogP) is 2.21. The third kappa shape index (κ3) is 11.3. The number of esters is 3. The number of carbonyl (C=O) groups excluding carboxylic acids is 3. The van der Waals surface area contributed by atoms with Crippen LogP contribution in [0.1, 0.15) is 60.3 Å². The maximum Gasteiger partial charge on any atom is 0.309 e. The van der Waals surface area contributed by atoms with Crippen LogP contribution in [0.3, 0.4) is 0 Å². The van der Waals surface area contributed by atoms with E-state index in [9.17, 15) is 24.6 Å². The van der Waals surface area contributed by atoms with Crippen molar-refractivity contribution in [3.8, 4) is 0 Å². The van der Waals surface area contributed by atoms with Crippen LogP contribution in [0.2, 0.25) is 0 Å². The SMILES string of the molecule is C=C(CC/C=C(/C)COC(C)=O)CCO[C@@H]1O[C@H](COC(C)=O)[C@@H](O)[C@H](OC(=O)[C@H](C)CC)[C@H]1O. The Labute approximate surface area is 207 Å². The molecule has 0 aromatic heterocycles. The molecule has 10 heteroatoms. The first-order valence-corrected chi connectivity index (χ1v) is 11.9. The van der Waals surface area contributed by atoms with Gasteiger partial charge in [0.05, 0.1) is 12.5 Å². The summed E-state index contributed by atoms with van der Waals surface area (Å²) in [5.74, 6) is -1.87. The van der Waals surface area contributed by atoms with E-state index in [1.807, 2.05) is 19.9 Å². The van der Waals surface area contributed by atoms with E-state index in [-0.39, 0.29) is 25.8 Å². The van der Waals surface area contributed by atoms with Gasteiger partial charge in [-0.15, -0.1) is 0 Å². The van der Waals surface area contributed by atoms with Crippen molar-refractivity contribution in [2.24, 2.45) is 5.92 Å². The second kappa shape index (κ2) is 15.7. The van der Waals surface area contributed by atoms with E-state index >= 15 is 0 Å². The van der Waals surface area contributed by atoms with Gasteiger partial charge in [-0.1, -0.05) is 32.1 Å². The normalized spacial score (nSPS) is 25.5. The van der Waals surface area contributed by atoms with Crippen LogP contribution in [0.5, 0.6) is 0 Å². The lowest BCUT2D eigenvalue weighted by molar-refractivity contribution is -0.304. The Morgan fingerprint density at radius 3 is 2.31 bits per heavy atom. The molecule has 1 heterocycles. The Morgan fingerprint density at radius 2 is 1.71 bits per heavy atom. The minimum Gasteiger partial charge on any atom is -0.463 e. The van der Waals surface area contributed by atoms with Crippen molar-refractivity contribution >= 4 is 17.9 Å². The first-order chi connectivity index (χ1) is 16.5. The molecular formula is C25H40O10. The highest BCUT2D eigenvalue weighted by Gasteiger charge is 2.48. The Kier molecular flexibility index (Phi) is 13.8. The largest absolute Gasteiger partial charge is 0.463 e. The summed E-state index contributed by atoms with van der Waals surface area (Å²) in [4.78, 5) is 34.4. The molecule has 6 atom stereocenters. The van der Waals surface area contributed by atoms with Gasteiger partial charge in [-0.2, -0.15) is 0 Å². The fourth-order valence-corrected chi connectivity index (χ4v) is 3.17. The first kappa shape index (κ1) is 30.8. The standard InChI is InChI=1S/C25H40O10/c1-7-17(4)24(30)35-23-21(28)20(14-33-19(6)27)34-25(22(23)29)31-12-11-15(2)9-8-10-16(3)13-32-18(5)26/h10,17,20-23,25,28-29H,2,7-9,11-14H2,1,3-6H3/b16-10-/t17-,20-,21-,22-,23+,25-/m1/s1. The maximum absolute atomic E-state index is 12.3. The Bertz CT molecular complexity index is 747. The van der Waals surface area contributed by atoms with Crippen molar-refractivity contribution in [1.82, 2.24) is 0 Å². The second-order valence-electron chi connectivity index (χ2n) is 8.78. The number of aliphatic hydroxyl groups is 2. The molecule has 2 N–H and O–H groups in total. The minimum atomic E-state index is -1.44. The Morgan fingerprint density at radius 1 is 1.06 bits per heavy atom. The quantitative estimate of drug-likeness (QED) is 0.207. The Balaban J connectivity index is 2.66. The summed E-state index contributed by atoms with van der Waals surface area (Å²) in [5.41, 5.74) is 1.85. The monoisotopic (exact) mass is 500 g/mol. The van der Waals surface area contributed by atoms with Gasteiger partial charge in [0.1, 0.15) is 31.5 Å². The molecule has 1 fully saturated rings. The van der Waals surface area contributed by atoms with E-state index in [4.69, 9.17) is 23.7 Å². The van der Waals surface area contributed by atoms with E-state index in [1.54, 1.807) is 6.92 Å². The molecule has 1 rings (SSSR count). The van der Waals surface area contributed by atoms with Crippen LogP contribution in [0.4, 0.5) is 0 Å². The molecule has 1 aliphatic heterocycles. The second-order valence-corrected chi connectivity index (χ2v) is 8.78. The molecule has 0 bridgehead atoms. The van der Waals surface area contributed by atoms with Gasteiger partial charge < -0.3 is 33.9 Å². The molecular weight excluding hydrogens is 460 g/mol. The molecule has 0 saturated carbocycles. The third-order valence-corrected chi connectivity index (χ3v) is 5.59. The summed E-state index contributed by atoms with van der Waals surface area (Å²) in [6.07, 6.45) is -1.99. The molecule has 0 spiro atoms. The number of aliphatic hydroxyl groups excluding tert-OH is 2. The topological polar surface area (TPSA) is 138 Å². The van der Waals surface area contributed by atoms with Crippen LogP contribution < -0.4 is 0 Å². The number of carbonyl (C=O) groups is 3. The van der Waals surface area contributed by atoms with Crippen LogP contribution in [0.25, 0.3) is 0 Å². The lowest BCUT2D eigenvalue weighted by Crippen LogP contribution is -2.61. The fraction of sp³-hybridized carbons (Fsp3) is 0.720. The smallest absolute Gasteiger partial charge is 0.309 e. The lowest BCUT2D eigenvalue weighted by atomic mass is 9.98. The van der Waals surface area contributed by atoms with E-state index in [1.165, 1.54) is 13.8 Å². The van der Waals surface area contributed by atoms with Gasteiger partial charge in [-0.25, -0.2) is 0 Å². The van der Waals surface area contributed by atoms with Crippen LogP contribution in [0, 0.1) is 5.92 Å². The first-order valence-electron chi connectivity index (χ1n) is 11.9. The van der Waals surface area contributed by atoms with Gasteiger partial charge in [0.2, 0.25) is 0 Å². The zero-order valence-electron chi connectivity index (χ0n) is 21.4. The van der Waals surface area contributed by atoms with E-state index < -0.39 is 48.6 Å². The van der Waals surface area contributed by atoms with E-state index in [2.05, 4.69) is 6.58 Å². The predicted molar refractivity (Wildman–Crippen MR) is 126 cm³/mol. The van der Waals surface area contributed by atoms with Crippen molar-refractivity contribution in [3.63, 3.8) is 0 Å². The number of ether oxygens (including phenoxy) is 5. The summed E-state index contributed by atoms with van der Waals surface area (Å²) in [6.45, 7) is 12.1. The molecule has 0 unspecified atom stereocenters. The van der Waals surface area contributed by atoms with Crippen LogP contribution in [-0.2, 0) is 38.1 Å². The van der Waals surface area contributed by atoms with Gasteiger partial charge in [0, 0.05) is 13.8 Å². The average Bonchev–Trinajstić information content (AvgIpc) is 2.80. The van der Waals surface area contributed by atoms with Crippen LogP contribution in [-0.4, -0.2) is 78.6 Å². The molecule has 1 saturated heterocycles. The van der Waals surface area contributed by atoms with Crippen molar-refractivity contribution in [3.05, 3.63) is 23.8 Å². The van der Waals surface area contributed by atoms with Gasteiger partial charge in [0.25, 0.3) is 0 Å². The summed E-state index contributed by atoms with van der Waals surface area (Å²) < 4.78 is 26.6. The molecule has 200 valence electrons. The van der Waals surface area contributed by atoms with Crippen LogP contribution >= 0.6 is 0 Å². The molecule has 1 aliphatic rings. The van der Waals surface area contributed by atoms with Crippen LogP contribution in [0.15, 0.2) is 23.8 Å². The third-order valence-electron chi connectivity index (χ3n) is 5.59. The highest BCUT2D eigenvalue weighted by atomic mass is 16.7. The Hall–Kier alpha value is -2.27. The highest BCUT2D eigenvalue weighted by molar-refractivity contribution is 5.72. The lowest BCUT2D eigenvalue weighted by Gasteiger charge is -2.41. The van der Waals surface area contributed by atoms with Crippen molar-refractivity contribution in [2.45, 2.75) is 91.0 Å². The van der Waals surface area contributed by atoms with Gasteiger partial charge >= 0.3 is 17.9 Å². The summed E-state index contributed by atoms with van der Waals surface area (Å²) in [7, 11) is 0. The van der Waals surface area contributed by atoms with Crippen molar-refractivity contribution < 1.29 is 48.3 Å². The van der Waals surface area contributed by atoms with E-state index in [0.717, 1.165) is 17.6 Å². The molecule has 0 aromatic rings. The minimum absolute atomic E-state index is 0.166.